The molecule has 0 spiro atoms. The van der Waals surface area contributed by atoms with E-state index in [-0.39, 0.29) is 17.3 Å². The Labute approximate surface area is 125 Å². The molecule has 2 aromatic heterocycles. The number of imidazole rings is 1. The van der Waals surface area contributed by atoms with Crippen LogP contribution in [0.2, 0.25) is 0 Å². The van der Waals surface area contributed by atoms with E-state index in [2.05, 4.69) is 15.2 Å². The van der Waals surface area contributed by atoms with Crippen molar-refractivity contribution in [3.63, 3.8) is 0 Å². The van der Waals surface area contributed by atoms with E-state index in [1.807, 2.05) is 0 Å². The van der Waals surface area contributed by atoms with Gasteiger partial charge in [0, 0.05) is 6.20 Å². The van der Waals surface area contributed by atoms with Gasteiger partial charge in [0.25, 0.3) is 0 Å². The molecule has 0 aliphatic rings. The van der Waals surface area contributed by atoms with Crippen LogP contribution >= 0.6 is 0 Å². The first-order valence-corrected chi connectivity index (χ1v) is 6.48. The van der Waals surface area contributed by atoms with Crippen LogP contribution in [0.15, 0.2) is 52.8 Å². The van der Waals surface area contributed by atoms with Crippen LogP contribution in [0.1, 0.15) is 16.1 Å². The van der Waals surface area contributed by atoms with Crippen LogP contribution in [0.4, 0.5) is 11.5 Å². The zero-order valence-electron chi connectivity index (χ0n) is 11.6. The molecule has 0 unspecified atom stereocenters. The van der Waals surface area contributed by atoms with Gasteiger partial charge in [0.2, 0.25) is 0 Å². The highest BCUT2D eigenvalue weighted by molar-refractivity contribution is 5.91. The van der Waals surface area contributed by atoms with Crippen molar-refractivity contribution < 1.29 is 15.0 Å². The van der Waals surface area contributed by atoms with E-state index in [0.29, 0.717) is 11.3 Å². The molecule has 0 fully saturated rings. The number of aromatic carboxylic acids is 1. The average molecular weight is 296 g/mol. The van der Waals surface area contributed by atoms with Crippen molar-refractivity contribution in [1.29, 1.82) is 0 Å². The predicted octanol–water partition coefficient (Wildman–Crippen LogP) is 3.46. The molecular formula is C15H12N4O3. The lowest BCUT2D eigenvalue weighted by atomic mass is 10.2. The summed E-state index contributed by atoms with van der Waals surface area (Å²) in [5.74, 6) is -0.881. The second-order valence-corrected chi connectivity index (χ2v) is 4.69. The van der Waals surface area contributed by atoms with E-state index in [0.717, 1.165) is 5.56 Å². The third kappa shape index (κ3) is 2.39. The molecule has 1 aromatic carbocycles. The highest BCUT2D eigenvalue weighted by atomic mass is 16.4. The number of pyridine rings is 1. The molecule has 22 heavy (non-hydrogen) atoms. The Balaban J connectivity index is 2.11. The van der Waals surface area contributed by atoms with Gasteiger partial charge in [-0.15, -0.1) is 10.2 Å². The summed E-state index contributed by atoms with van der Waals surface area (Å²) in [6.45, 7) is 1.78. The molecule has 0 aliphatic heterocycles. The van der Waals surface area contributed by atoms with Crippen molar-refractivity contribution in [1.82, 2.24) is 9.38 Å². The maximum Gasteiger partial charge on any atom is 0.358 e. The molecule has 7 heteroatoms. The molecule has 3 rings (SSSR count). The summed E-state index contributed by atoms with van der Waals surface area (Å²) in [5.41, 5.74) is 1.59. The van der Waals surface area contributed by atoms with Crippen molar-refractivity contribution >= 4 is 23.1 Å². The summed E-state index contributed by atoms with van der Waals surface area (Å²) >= 11 is 0. The summed E-state index contributed by atoms with van der Waals surface area (Å²) in [4.78, 5) is 15.3. The Morgan fingerprint density at radius 1 is 1.23 bits per heavy atom. The Hall–Kier alpha value is -3.22. The summed E-state index contributed by atoms with van der Waals surface area (Å²) < 4.78 is 1.56. The van der Waals surface area contributed by atoms with Crippen LogP contribution in [-0.4, -0.2) is 25.6 Å². The number of nitrogens with zero attached hydrogens (tertiary/aromatic N) is 4. The normalized spacial score (nSPS) is 11.3. The van der Waals surface area contributed by atoms with Gasteiger partial charge < -0.3 is 10.2 Å². The third-order valence-electron chi connectivity index (χ3n) is 3.14. The fourth-order valence-electron chi connectivity index (χ4n) is 2.08. The van der Waals surface area contributed by atoms with Crippen molar-refractivity contribution in [2.75, 3.05) is 0 Å². The maximum absolute atomic E-state index is 11.3. The second kappa shape index (κ2) is 5.28. The van der Waals surface area contributed by atoms with E-state index >= 15 is 0 Å². The Morgan fingerprint density at radius 2 is 2.05 bits per heavy atom. The number of aryl methyl sites for hydroxylation is 1. The molecule has 0 bridgehead atoms. The SMILES string of the molecule is Cc1cc(O)ccc1N=Nc1c(C(=O)O)nc2ccccn12. The first-order valence-electron chi connectivity index (χ1n) is 6.48. The molecule has 3 aromatic rings. The van der Waals surface area contributed by atoms with Gasteiger partial charge in [-0.3, -0.25) is 4.40 Å². The number of hydrogen-bond acceptors (Lipinski definition) is 5. The summed E-state index contributed by atoms with van der Waals surface area (Å²) in [6, 6.07) is 9.87. The van der Waals surface area contributed by atoms with Crippen molar-refractivity contribution in [3.8, 4) is 5.75 Å². The van der Waals surface area contributed by atoms with E-state index in [4.69, 9.17) is 0 Å². The lowest BCUT2D eigenvalue weighted by molar-refractivity contribution is 0.0692. The quantitative estimate of drug-likeness (QED) is 0.723. The lowest BCUT2D eigenvalue weighted by Crippen LogP contribution is -1.96. The molecule has 0 saturated heterocycles. The predicted molar refractivity (Wildman–Crippen MR) is 79.2 cm³/mol. The maximum atomic E-state index is 11.3. The Bertz CT molecular complexity index is 899. The van der Waals surface area contributed by atoms with Gasteiger partial charge in [0.15, 0.2) is 11.5 Å². The zero-order chi connectivity index (χ0) is 15.7. The molecule has 7 nitrogen and oxygen atoms in total. The number of phenols is 1. The molecule has 0 amide bonds. The van der Waals surface area contributed by atoms with Gasteiger partial charge in [0.1, 0.15) is 11.4 Å². The number of carboxylic acid groups (broad SMARTS) is 1. The minimum absolute atomic E-state index is 0.137. The molecule has 2 heterocycles. The monoisotopic (exact) mass is 296 g/mol. The number of benzene rings is 1. The number of aromatic nitrogens is 2. The smallest absolute Gasteiger partial charge is 0.358 e. The first kappa shape index (κ1) is 13.7. The highest BCUT2D eigenvalue weighted by Crippen LogP contribution is 2.27. The van der Waals surface area contributed by atoms with Gasteiger partial charge in [0.05, 0.1) is 5.69 Å². The van der Waals surface area contributed by atoms with E-state index in [9.17, 15) is 15.0 Å². The van der Waals surface area contributed by atoms with Gasteiger partial charge >= 0.3 is 5.97 Å². The molecule has 110 valence electrons. The Morgan fingerprint density at radius 3 is 2.77 bits per heavy atom. The van der Waals surface area contributed by atoms with Gasteiger partial charge in [-0.25, -0.2) is 9.78 Å². The molecular weight excluding hydrogens is 284 g/mol. The first-order chi connectivity index (χ1) is 10.6. The van der Waals surface area contributed by atoms with Gasteiger partial charge in [-0.1, -0.05) is 6.07 Å². The molecule has 0 radical (unpaired) electrons. The molecule has 0 atom stereocenters. The fourth-order valence-corrected chi connectivity index (χ4v) is 2.08. The zero-order valence-corrected chi connectivity index (χ0v) is 11.6. The lowest BCUT2D eigenvalue weighted by Gasteiger charge is -2.00. The van der Waals surface area contributed by atoms with Crippen LogP contribution in [0, 0.1) is 6.92 Å². The topological polar surface area (TPSA) is 99.5 Å². The summed E-state index contributed by atoms with van der Waals surface area (Å²) in [7, 11) is 0. The molecule has 2 N–H and O–H groups in total. The largest absolute Gasteiger partial charge is 0.508 e. The van der Waals surface area contributed by atoms with Crippen molar-refractivity contribution in [2.24, 2.45) is 10.2 Å². The van der Waals surface area contributed by atoms with Crippen molar-refractivity contribution in [2.45, 2.75) is 6.92 Å². The minimum atomic E-state index is -1.17. The number of rotatable bonds is 3. The third-order valence-corrected chi connectivity index (χ3v) is 3.14. The van der Waals surface area contributed by atoms with Crippen LogP contribution < -0.4 is 0 Å². The molecule has 0 aliphatic carbocycles. The molecule has 0 saturated carbocycles. The standard InChI is InChI=1S/C15H12N4O3/c1-9-8-10(20)5-6-11(9)17-18-14-13(15(21)22)16-12-4-2-3-7-19(12)14/h2-8,20H,1H3,(H,21,22). The fraction of sp³-hybridized carbons (Fsp3) is 0.0667. The number of phenolic OH excluding ortho intramolecular Hbond substituents is 1. The highest BCUT2D eigenvalue weighted by Gasteiger charge is 2.17. The van der Waals surface area contributed by atoms with E-state index in [1.165, 1.54) is 6.07 Å². The number of aromatic hydroxyl groups is 1. The van der Waals surface area contributed by atoms with Crippen LogP contribution in [0.25, 0.3) is 5.65 Å². The van der Waals surface area contributed by atoms with E-state index in [1.54, 1.807) is 47.9 Å². The number of carbonyl (C=O) groups is 1. The van der Waals surface area contributed by atoms with Crippen LogP contribution in [0.5, 0.6) is 5.75 Å². The summed E-state index contributed by atoms with van der Waals surface area (Å²) in [5, 5.41) is 26.7. The van der Waals surface area contributed by atoms with Crippen molar-refractivity contribution in [3.05, 3.63) is 53.9 Å². The number of azo groups is 1. The number of fused-ring (bicyclic) bond motifs is 1. The number of carboxylic acids is 1. The van der Waals surface area contributed by atoms with E-state index < -0.39 is 5.97 Å². The minimum Gasteiger partial charge on any atom is -0.508 e. The second-order valence-electron chi connectivity index (χ2n) is 4.69. The average Bonchev–Trinajstić information content (AvgIpc) is 2.85. The van der Waals surface area contributed by atoms with Gasteiger partial charge in [-0.2, -0.15) is 0 Å². The summed E-state index contributed by atoms with van der Waals surface area (Å²) in [6.07, 6.45) is 1.67. The van der Waals surface area contributed by atoms with Crippen LogP contribution in [-0.2, 0) is 0 Å². The Kier molecular flexibility index (Phi) is 3.30. The van der Waals surface area contributed by atoms with Crippen LogP contribution in [0.3, 0.4) is 0 Å². The number of hydrogen-bond donors (Lipinski definition) is 2. The van der Waals surface area contributed by atoms with Gasteiger partial charge in [-0.05, 0) is 42.8 Å².